The van der Waals surface area contributed by atoms with Gasteiger partial charge < -0.3 is 31.1 Å². The molecule has 0 N–H and O–H groups in total. The van der Waals surface area contributed by atoms with Crippen molar-refractivity contribution >= 4 is 0 Å². The number of halogens is 1. The van der Waals surface area contributed by atoms with Crippen molar-refractivity contribution in [3.05, 3.63) is 0 Å². The predicted octanol–water partition coefficient (Wildman–Crippen LogP) is -0.254. The maximum absolute atomic E-state index is 8.25. The van der Waals surface area contributed by atoms with Crippen molar-refractivity contribution in [3.63, 3.8) is 0 Å². The van der Waals surface area contributed by atoms with E-state index in [1.807, 2.05) is 0 Å². The van der Waals surface area contributed by atoms with Gasteiger partial charge in [0.1, 0.15) is 0 Å². The van der Waals surface area contributed by atoms with Crippen LogP contribution in [-0.4, -0.2) is 68.4 Å². The van der Waals surface area contributed by atoms with Crippen LogP contribution in [-0.2, 0) is 0 Å². The molecule has 0 fully saturated rings. The standard InChI is InChI=1S/2C8H20N.CH3O.BrH/c2*1-5-9(6-2,7-3)8-4;1-2;/h2*5-8H2,1-4H3;1H3;1H/q2*+1;-1;/p-1. The van der Waals surface area contributed by atoms with E-state index in [-0.39, 0.29) is 17.0 Å². The van der Waals surface area contributed by atoms with E-state index >= 15 is 0 Å². The second-order valence-corrected chi connectivity index (χ2v) is 5.21. The Morgan fingerprint density at radius 2 is 0.524 bits per heavy atom. The van der Waals surface area contributed by atoms with E-state index in [1.165, 1.54) is 61.3 Å². The van der Waals surface area contributed by atoms with Gasteiger partial charge in [0.25, 0.3) is 0 Å². The fourth-order valence-electron chi connectivity index (χ4n) is 2.68. The molecule has 0 aliphatic carbocycles. The molecule has 0 heterocycles. The molecule has 3 nitrogen and oxygen atoms in total. The van der Waals surface area contributed by atoms with E-state index in [4.69, 9.17) is 5.11 Å². The Bertz CT molecular complexity index is 127. The summed E-state index contributed by atoms with van der Waals surface area (Å²) in [4.78, 5) is 0. The van der Waals surface area contributed by atoms with Crippen LogP contribution < -0.4 is 22.1 Å². The molecule has 0 bridgehead atoms. The van der Waals surface area contributed by atoms with Crippen LogP contribution in [0.1, 0.15) is 55.4 Å². The Labute approximate surface area is 146 Å². The van der Waals surface area contributed by atoms with Crippen molar-refractivity contribution in [2.45, 2.75) is 55.4 Å². The highest BCUT2D eigenvalue weighted by Gasteiger charge is 2.16. The maximum atomic E-state index is 8.25. The SMILES string of the molecule is CC[N+](CC)(CC)CC.CC[N+](CC)(CC)CC.C[O-].[Br-]. The molecule has 0 atom stereocenters. The predicted molar refractivity (Wildman–Crippen MR) is 90.8 cm³/mol. The van der Waals surface area contributed by atoms with Crippen LogP contribution in [0.15, 0.2) is 0 Å². The van der Waals surface area contributed by atoms with E-state index < -0.39 is 0 Å². The summed E-state index contributed by atoms with van der Waals surface area (Å²) in [5.74, 6) is 0. The molecule has 0 rings (SSSR count). The average molecular weight is 371 g/mol. The lowest BCUT2D eigenvalue weighted by molar-refractivity contribution is -0.921. The smallest absolute Gasteiger partial charge is 0.0757 e. The molecule has 0 aliphatic rings. The first-order valence-corrected chi connectivity index (χ1v) is 8.59. The Kier molecular flexibility index (Phi) is 25.8. The van der Waals surface area contributed by atoms with Gasteiger partial charge in [-0.3, -0.25) is 0 Å². The molecule has 0 aromatic heterocycles. The monoisotopic (exact) mass is 370 g/mol. The Morgan fingerprint density at radius 1 is 0.429 bits per heavy atom. The van der Waals surface area contributed by atoms with Gasteiger partial charge in [-0.05, 0) is 55.4 Å². The first-order valence-electron chi connectivity index (χ1n) is 8.59. The molecule has 0 saturated carbocycles. The summed E-state index contributed by atoms with van der Waals surface area (Å²) in [5.41, 5.74) is 0. The number of quaternary nitrogens is 2. The molecule has 0 radical (unpaired) electrons. The van der Waals surface area contributed by atoms with E-state index in [0.29, 0.717) is 0 Å². The minimum absolute atomic E-state index is 0. The van der Waals surface area contributed by atoms with Crippen LogP contribution in [0.25, 0.3) is 0 Å². The largest absolute Gasteiger partial charge is 1.00 e. The molecular weight excluding hydrogens is 328 g/mol. The fourth-order valence-corrected chi connectivity index (χ4v) is 2.68. The van der Waals surface area contributed by atoms with Gasteiger partial charge in [0.2, 0.25) is 0 Å². The third-order valence-corrected chi connectivity index (χ3v) is 5.37. The van der Waals surface area contributed by atoms with Crippen molar-refractivity contribution in [1.82, 2.24) is 0 Å². The Hall–Kier alpha value is 0.360. The highest BCUT2D eigenvalue weighted by atomic mass is 79.9. The minimum Gasteiger partial charge on any atom is -1.00 e. The zero-order chi connectivity index (χ0) is 16.7. The molecular formula is C17H43BrN2O. The molecule has 0 amide bonds. The van der Waals surface area contributed by atoms with Crippen LogP contribution in [0.5, 0.6) is 0 Å². The van der Waals surface area contributed by atoms with Gasteiger partial charge >= 0.3 is 0 Å². The van der Waals surface area contributed by atoms with Crippen molar-refractivity contribution < 1.29 is 31.1 Å². The summed E-state index contributed by atoms with van der Waals surface area (Å²) in [7, 11) is 0.750. The zero-order valence-corrected chi connectivity index (χ0v) is 17.9. The summed E-state index contributed by atoms with van der Waals surface area (Å²) < 4.78 is 2.56. The molecule has 0 saturated heterocycles. The zero-order valence-electron chi connectivity index (χ0n) is 16.3. The van der Waals surface area contributed by atoms with E-state index in [1.54, 1.807) is 0 Å². The average Bonchev–Trinajstić information content (AvgIpc) is 2.55. The van der Waals surface area contributed by atoms with Gasteiger partial charge in [-0.15, -0.1) is 0 Å². The summed E-state index contributed by atoms with van der Waals surface area (Å²) in [6.45, 7) is 28.4. The van der Waals surface area contributed by atoms with E-state index in [0.717, 1.165) is 7.11 Å². The van der Waals surface area contributed by atoms with Crippen molar-refractivity contribution in [3.8, 4) is 0 Å². The maximum Gasteiger partial charge on any atom is 0.0757 e. The molecule has 134 valence electrons. The lowest BCUT2D eigenvalue weighted by Gasteiger charge is -2.34. The summed E-state index contributed by atoms with van der Waals surface area (Å²) in [5, 5.41) is 8.25. The molecule has 0 aromatic rings. The van der Waals surface area contributed by atoms with E-state index in [9.17, 15) is 0 Å². The highest BCUT2D eigenvalue weighted by molar-refractivity contribution is 4.31. The summed E-state index contributed by atoms with van der Waals surface area (Å²) >= 11 is 0. The van der Waals surface area contributed by atoms with Gasteiger partial charge in [0.15, 0.2) is 0 Å². The molecule has 0 aliphatic heterocycles. The second-order valence-electron chi connectivity index (χ2n) is 5.21. The summed E-state index contributed by atoms with van der Waals surface area (Å²) in [6, 6.07) is 0. The van der Waals surface area contributed by atoms with Crippen LogP contribution in [0, 0.1) is 0 Å². The lowest BCUT2D eigenvalue weighted by atomic mass is 10.3. The molecule has 0 aromatic carbocycles. The second kappa shape index (κ2) is 18.4. The van der Waals surface area contributed by atoms with Crippen molar-refractivity contribution in [2.75, 3.05) is 59.5 Å². The fraction of sp³-hybridized carbons (Fsp3) is 1.00. The highest BCUT2D eigenvalue weighted by Crippen LogP contribution is 2.03. The van der Waals surface area contributed by atoms with Gasteiger partial charge in [-0.1, -0.05) is 0 Å². The first kappa shape index (κ1) is 29.4. The van der Waals surface area contributed by atoms with Crippen molar-refractivity contribution in [1.29, 1.82) is 0 Å². The molecule has 0 unspecified atom stereocenters. The van der Waals surface area contributed by atoms with E-state index in [2.05, 4.69) is 55.4 Å². The third-order valence-electron chi connectivity index (χ3n) is 5.37. The van der Waals surface area contributed by atoms with Crippen LogP contribution in [0.4, 0.5) is 0 Å². The number of rotatable bonds is 8. The molecule has 21 heavy (non-hydrogen) atoms. The summed E-state index contributed by atoms with van der Waals surface area (Å²) in [6.07, 6.45) is 0. The van der Waals surface area contributed by atoms with Gasteiger partial charge in [-0.2, -0.15) is 7.11 Å². The van der Waals surface area contributed by atoms with Gasteiger partial charge in [0, 0.05) is 0 Å². The van der Waals surface area contributed by atoms with Crippen LogP contribution >= 0.6 is 0 Å². The normalized spacial score (nSPS) is 10.6. The first-order chi connectivity index (χ1) is 9.49. The van der Waals surface area contributed by atoms with Crippen LogP contribution in [0.3, 0.4) is 0 Å². The number of hydrogen-bond acceptors (Lipinski definition) is 1. The number of hydrogen-bond donors (Lipinski definition) is 0. The Morgan fingerprint density at radius 3 is 0.524 bits per heavy atom. The third kappa shape index (κ3) is 11.6. The van der Waals surface area contributed by atoms with Crippen molar-refractivity contribution in [2.24, 2.45) is 0 Å². The Balaban J connectivity index is -0.000000118. The molecule has 4 heteroatoms. The minimum atomic E-state index is 0. The van der Waals surface area contributed by atoms with Gasteiger partial charge in [0.05, 0.1) is 52.4 Å². The molecule has 0 spiro atoms. The van der Waals surface area contributed by atoms with Gasteiger partial charge in [-0.25, -0.2) is 0 Å². The lowest BCUT2D eigenvalue weighted by Crippen LogP contribution is -3.00. The quantitative estimate of drug-likeness (QED) is 0.540. The van der Waals surface area contributed by atoms with Crippen LogP contribution in [0.2, 0.25) is 0 Å². The topological polar surface area (TPSA) is 23.1 Å². The number of nitrogens with zero attached hydrogens (tertiary/aromatic N) is 2.